The molecule has 2 aromatic heterocycles. The molecule has 1 atom stereocenters. The summed E-state index contributed by atoms with van der Waals surface area (Å²) in [5, 5.41) is 5.23. The Balaban J connectivity index is 1.62. The first kappa shape index (κ1) is 15.6. The van der Waals surface area contributed by atoms with Crippen LogP contribution in [0.1, 0.15) is 59.8 Å². The van der Waals surface area contributed by atoms with E-state index in [0.29, 0.717) is 18.1 Å². The predicted molar refractivity (Wildman–Crippen MR) is 89.1 cm³/mol. The Labute approximate surface area is 141 Å². The molecule has 2 aromatic rings. The van der Waals surface area contributed by atoms with Gasteiger partial charge in [-0.15, -0.1) is 0 Å². The summed E-state index contributed by atoms with van der Waals surface area (Å²) in [7, 11) is 1.87. The molecule has 0 amide bonds. The molecule has 0 bridgehead atoms. The number of fused-ring (bicyclic) bond motifs is 1. The predicted octanol–water partition coefficient (Wildman–Crippen LogP) is 2.88. The van der Waals surface area contributed by atoms with E-state index < -0.39 is 0 Å². The first-order valence-electron chi connectivity index (χ1n) is 8.76. The molecule has 0 aromatic carbocycles. The van der Waals surface area contributed by atoms with Crippen molar-refractivity contribution in [2.24, 2.45) is 7.05 Å². The quantitative estimate of drug-likeness (QED) is 0.807. The first-order chi connectivity index (χ1) is 11.6. The van der Waals surface area contributed by atoms with Gasteiger partial charge in [-0.2, -0.15) is 5.10 Å². The maximum absolute atomic E-state index is 12.7. The van der Waals surface area contributed by atoms with Gasteiger partial charge in [0.15, 0.2) is 5.65 Å². The highest BCUT2D eigenvalue weighted by atomic mass is 16.6. The van der Waals surface area contributed by atoms with Crippen LogP contribution in [0.2, 0.25) is 0 Å². The molecule has 4 rings (SSSR count). The van der Waals surface area contributed by atoms with Crippen LogP contribution in [0.25, 0.3) is 11.0 Å². The van der Waals surface area contributed by atoms with Gasteiger partial charge in [-0.25, -0.2) is 9.78 Å². The largest absolute Gasteiger partial charge is 0.459 e. The van der Waals surface area contributed by atoms with Crippen molar-refractivity contribution in [3.05, 3.63) is 23.0 Å². The molecule has 128 valence electrons. The third kappa shape index (κ3) is 2.90. The van der Waals surface area contributed by atoms with E-state index in [2.05, 4.69) is 5.10 Å². The molecule has 6 heteroatoms. The molecule has 0 N–H and O–H groups in total. The van der Waals surface area contributed by atoms with Gasteiger partial charge in [0.2, 0.25) is 0 Å². The zero-order chi connectivity index (χ0) is 16.7. The Morgan fingerprint density at radius 1 is 1.38 bits per heavy atom. The fraction of sp³-hybridized carbons (Fsp3) is 0.611. The fourth-order valence-electron chi connectivity index (χ4n) is 3.40. The summed E-state index contributed by atoms with van der Waals surface area (Å²) in [5.74, 6) is 0.174. The SMILES string of the molecule is Cc1nn(C)c2nc(C3CC3)cc(C(=O)OCC3CCCCO3)c12. The summed E-state index contributed by atoms with van der Waals surface area (Å²) in [6.45, 7) is 2.98. The van der Waals surface area contributed by atoms with Crippen LogP contribution < -0.4 is 0 Å². The second-order valence-corrected chi connectivity index (χ2v) is 6.86. The van der Waals surface area contributed by atoms with Crippen molar-refractivity contribution in [2.75, 3.05) is 13.2 Å². The van der Waals surface area contributed by atoms with E-state index in [1.807, 2.05) is 20.0 Å². The number of hydrogen-bond donors (Lipinski definition) is 0. The van der Waals surface area contributed by atoms with Gasteiger partial charge in [-0.1, -0.05) is 0 Å². The monoisotopic (exact) mass is 329 g/mol. The number of aryl methyl sites for hydroxylation is 2. The minimum absolute atomic E-state index is 0.0259. The van der Waals surface area contributed by atoms with Crippen molar-refractivity contribution in [1.29, 1.82) is 0 Å². The number of hydrogen-bond acceptors (Lipinski definition) is 5. The molecule has 2 fully saturated rings. The number of ether oxygens (including phenoxy) is 2. The van der Waals surface area contributed by atoms with Crippen molar-refractivity contribution in [2.45, 2.75) is 51.0 Å². The Hall–Kier alpha value is -1.95. The van der Waals surface area contributed by atoms with Crippen LogP contribution in [0, 0.1) is 6.92 Å². The summed E-state index contributed by atoms with van der Waals surface area (Å²) in [5.41, 5.74) is 3.13. The molecule has 1 unspecified atom stereocenters. The first-order valence-corrected chi connectivity index (χ1v) is 8.76. The zero-order valence-electron chi connectivity index (χ0n) is 14.2. The van der Waals surface area contributed by atoms with Gasteiger partial charge < -0.3 is 9.47 Å². The van der Waals surface area contributed by atoms with Crippen LogP contribution in [0.3, 0.4) is 0 Å². The second kappa shape index (κ2) is 6.16. The van der Waals surface area contributed by atoms with Gasteiger partial charge in [0, 0.05) is 25.3 Å². The van der Waals surface area contributed by atoms with Crippen LogP contribution in [0.4, 0.5) is 0 Å². The van der Waals surface area contributed by atoms with E-state index in [0.717, 1.165) is 61.1 Å². The molecule has 0 radical (unpaired) electrons. The second-order valence-electron chi connectivity index (χ2n) is 6.86. The molecule has 1 saturated heterocycles. The van der Waals surface area contributed by atoms with Crippen molar-refractivity contribution in [3.63, 3.8) is 0 Å². The Kier molecular flexibility index (Phi) is 4.00. The van der Waals surface area contributed by atoms with E-state index in [-0.39, 0.29) is 12.1 Å². The minimum atomic E-state index is -0.297. The molecular formula is C18H23N3O3. The molecule has 6 nitrogen and oxygen atoms in total. The van der Waals surface area contributed by atoms with Crippen LogP contribution in [-0.4, -0.2) is 40.1 Å². The van der Waals surface area contributed by atoms with Crippen LogP contribution in [0.15, 0.2) is 6.07 Å². The van der Waals surface area contributed by atoms with Crippen molar-refractivity contribution in [3.8, 4) is 0 Å². The lowest BCUT2D eigenvalue weighted by Crippen LogP contribution is -2.26. The Morgan fingerprint density at radius 2 is 2.21 bits per heavy atom. The molecule has 1 saturated carbocycles. The maximum atomic E-state index is 12.7. The van der Waals surface area contributed by atoms with Crippen molar-refractivity contribution < 1.29 is 14.3 Å². The van der Waals surface area contributed by atoms with Crippen LogP contribution in [-0.2, 0) is 16.5 Å². The topological polar surface area (TPSA) is 66.2 Å². The highest BCUT2D eigenvalue weighted by molar-refractivity contribution is 6.03. The third-order valence-corrected chi connectivity index (χ3v) is 4.88. The Morgan fingerprint density at radius 3 is 2.92 bits per heavy atom. The summed E-state index contributed by atoms with van der Waals surface area (Å²) in [4.78, 5) is 17.4. The molecule has 0 spiro atoms. The highest BCUT2D eigenvalue weighted by Gasteiger charge is 2.29. The lowest BCUT2D eigenvalue weighted by atomic mass is 10.1. The van der Waals surface area contributed by atoms with Gasteiger partial charge in [-0.05, 0) is 45.1 Å². The van der Waals surface area contributed by atoms with Gasteiger partial charge in [-0.3, -0.25) is 4.68 Å². The van der Waals surface area contributed by atoms with Crippen molar-refractivity contribution >= 4 is 17.0 Å². The maximum Gasteiger partial charge on any atom is 0.339 e. The zero-order valence-corrected chi connectivity index (χ0v) is 14.2. The standard InChI is InChI=1S/C18H23N3O3/c1-11-16-14(18(22)24-10-13-5-3-4-8-23-13)9-15(12-6-7-12)19-17(16)21(2)20-11/h9,12-13H,3-8,10H2,1-2H3. The van der Waals surface area contributed by atoms with E-state index in [9.17, 15) is 4.79 Å². The summed E-state index contributed by atoms with van der Waals surface area (Å²) < 4.78 is 13.0. The van der Waals surface area contributed by atoms with Gasteiger partial charge in [0.25, 0.3) is 0 Å². The number of aromatic nitrogens is 3. The summed E-state index contributed by atoms with van der Waals surface area (Å²) in [6, 6.07) is 1.90. The molecule has 24 heavy (non-hydrogen) atoms. The molecule has 1 aliphatic carbocycles. The highest BCUT2D eigenvalue weighted by Crippen LogP contribution is 2.40. The summed E-state index contributed by atoms with van der Waals surface area (Å²) in [6.07, 6.45) is 5.49. The smallest absolute Gasteiger partial charge is 0.339 e. The van der Waals surface area contributed by atoms with E-state index in [1.54, 1.807) is 4.68 Å². The van der Waals surface area contributed by atoms with Gasteiger partial charge in [0.1, 0.15) is 6.61 Å². The van der Waals surface area contributed by atoms with E-state index >= 15 is 0 Å². The number of esters is 1. The third-order valence-electron chi connectivity index (χ3n) is 4.88. The Bertz CT molecular complexity index is 773. The lowest BCUT2D eigenvalue weighted by Gasteiger charge is -2.22. The number of carbonyl (C=O) groups is 1. The van der Waals surface area contributed by atoms with Crippen LogP contribution >= 0.6 is 0 Å². The fourth-order valence-corrected chi connectivity index (χ4v) is 3.40. The average Bonchev–Trinajstić information content (AvgIpc) is 3.40. The number of carbonyl (C=O) groups excluding carboxylic acids is 1. The summed E-state index contributed by atoms with van der Waals surface area (Å²) >= 11 is 0. The number of nitrogens with zero attached hydrogens (tertiary/aromatic N) is 3. The molecule has 1 aliphatic heterocycles. The molecular weight excluding hydrogens is 306 g/mol. The van der Waals surface area contributed by atoms with Gasteiger partial charge in [0.05, 0.1) is 22.7 Å². The van der Waals surface area contributed by atoms with E-state index in [4.69, 9.17) is 14.5 Å². The normalized spacial score (nSPS) is 21.2. The molecule has 3 heterocycles. The van der Waals surface area contributed by atoms with Crippen molar-refractivity contribution in [1.82, 2.24) is 14.8 Å². The molecule has 2 aliphatic rings. The number of rotatable bonds is 4. The van der Waals surface area contributed by atoms with Gasteiger partial charge >= 0.3 is 5.97 Å². The lowest BCUT2D eigenvalue weighted by molar-refractivity contribution is -0.0299. The van der Waals surface area contributed by atoms with E-state index in [1.165, 1.54) is 0 Å². The van der Waals surface area contributed by atoms with Crippen LogP contribution in [0.5, 0.6) is 0 Å². The average molecular weight is 329 g/mol. The minimum Gasteiger partial charge on any atom is -0.459 e. The number of pyridine rings is 1.